The highest BCUT2D eigenvalue weighted by molar-refractivity contribution is 5.36. The van der Waals surface area contributed by atoms with Crippen LogP contribution in [-0.2, 0) is 0 Å². The standard InChI is InChI=1S/C6H6F3N3/c1-12(2)5-3(7)4(8)10-6(9)11-5/h1-2H3. The molecule has 1 heterocycles. The van der Waals surface area contributed by atoms with Gasteiger partial charge in [0, 0.05) is 14.1 Å². The number of aromatic nitrogens is 2. The lowest BCUT2D eigenvalue weighted by Crippen LogP contribution is -2.15. The molecule has 0 aliphatic heterocycles. The molecule has 0 unspecified atom stereocenters. The monoisotopic (exact) mass is 177 g/mol. The normalized spacial score (nSPS) is 10.1. The van der Waals surface area contributed by atoms with Crippen molar-refractivity contribution in [3.63, 3.8) is 0 Å². The Hall–Kier alpha value is -1.33. The summed E-state index contributed by atoms with van der Waals surface area (Å²) in [5, 5.41) is 0. The fourth-order valence-corrected chi connectivity index (χ4v) is 0.680. The SMILES string of the molecule is CN(C)c1nc(F)nc(F)c1F. The smallest absolute Gasteiger partial charge is 0.313 e. The highest BCUT2D eigenvalue weighted by atomic mass is 19.2. The Morgan fingerprint density at radius 3 is 2.17 bits per heavy atom. The molecule has 0 amide bonds. The van der Waals surface area contributed by atoms with E-state index in [4.69, 9.17) is 0 Å². The number of hydrogen-bond acceptors (Lipinski definition) is 3. The van der Waals surface area contributed by atoms with Gasteiger partial charge in [-0.2, -0.15) is 23.1 Å². The summed E-state index contributed by atoms with van der Waals surface area (Å²) in [6.45, 7) is 0. The van der Waals surface area contributed by atoms with Crippen molar-refractivity contribution in [2.24, 2.45) is 0 Å². The van der Waals surface area contributed by atoms with Gasteiger partial charge in [-0.05, 0) is 0 Å². The van der Waals surface area contributed by atoms with Crippen molar-refractivity contribution in [3.8, 4) is 0 Å². The van der Waals surface area contributed by atoms with E-state index in [0.717, 1.165) is 4.90 Å². The second-order valence-corrected chi connectivity index (χ2v) is 2.32. The Bertz CT molecular complexity index is 300. The predicted octanol–water partition coefficient (Wildman–Crippen LogP) is 0.960. The van der Waals surface area contributed by atoms with Crippen LogP contribution in [0.5, 0.6) is 0 Å². The maximum Gasteiger partial charge on any atom is 0.313 e. The minimum Gasteiger partial charge on any atom is -0.360 e. The molecule has 0 aliphatic carbocycles. The van der Waals surface area contributed by atoms with Crippen molar-refractivity contribution in [2.75, 3.05) is 19.0 Å². The molecule has 0 spiro atoms. The van der Waals surface area contributed by atoms with Gasteiger partial charge in [0.2, 0.25) is 5.82 Å². The second-order valence-electron chi connectivity index (χ2n) is 2.32. The molecular formula is C6H6F3N3. The summed E-state index contributed by atoms with van der Waals surface area (Å²) < 4.78 is 37.4. The van der Waals surface area contributed by atoms with Crippen molar-refractivity contribution in [2.45, 2.75) is 0 Å². The molecule has 0 fully saturated rings. The number of hydrogen-bond donors (Lipinski definition) is 0. The zero-order valence-corrected chi connectivity index (χ0v) is 6.48. The first-order valence-corrected chi connectivity index (χ1v) is 3.08. The van der Waals surface area contributed by atoms with Crippen LogP contribution in [0.4, 0.5) is 19.0 Å². The highest BCUT2D eigenvalue weighted by Gasteiger charge is 2.15. The molecule has 0 aromatic carbocycles. The van der Waals surface area contributed by atoms with Crippen molar-refractivity contribution in [1.29, 1.82) is 0 Å². The molecule has 0 aliphatic rings. The summed E-state index contributed by atoms with van der Waals surface area (Å²) in [7, 11) is 2.84. The molecule has 1 aromatic heterocycles. The summed E-state index contributed by atoms with van der Waals surface area (Å²) in [4.78, 5) is 6.79. The van der Waals surface area contributed by atoms with Crippen molar-refractivity contribution in [1.82, 2.24) is 9.97 Å². The molecule has 0 radical (unpaired) electrons. The van der Waals surface area contributed by atoms with Crippen molar-refractivity contribution in [3.05, 3.63) is 17.8 Å². The van der Waals surface area contributed by atoms with E-state index in [0.29, 0.717) is 0 Å². The number of rotatable bonds is 1. The fourth-order valence-electron chi connectivity index (χ4n) is 0.680. The lowest BCUT2D eigenvalue weighted by molar-refractivity contribution is 0.427. The Kier molecular flexibility index (Phi) is 2.16. The van der Waals surface area contributed by atoms with Gasteiger partial charge in [-0.25, -0.2) is 0 Å². The Morgan fingerprint density at radius 1 is 1.08 bits per heavy atom. The Labute approximate surface area is 66.9 Å². The summed E-state index contributed by atoms with van der Waals surface area (Å²) in [6, 6.07) is 0. The van der Waals surface area contributed by atoms with Crippen molar-refractivity contribution >= 4 is 5.82 Å². The molecule has 0 atom stereocenters. The molecule has 3 nitrogen and oxygen atoms in total. The van der Waals surface area contributed by atoms with Crippen LogP contribution < -0.4 is 4.90 Å². The van der Waals surface area contributed by atoms with Crippen LogP contribution in [0.25, 0.3) is 0 Å². The van der Waals surface area contributed by atoms with Crippen LogP contribution >= 0.6 is 0 Å². The number of nitrogens with zero attached hydrogens (tertiary/aromatic N) is 3. The first-order chi connectivity index (χ1) is 5.52. The van der Waals surface area contributed by atoms with Crippen LogP contribution in [0.2, 0.25) is 0 Å². The van der Waals surface area contributed by atoms with Gasteiger partial charge in [0.05, 0.1) is 0 Å². The third-order valence-electron chi connectivity index (χ3n) is 1.19. The Balaban J connectivity index is 3.28. The van der Waals surface area contributed by atoms with Gasteiger partial charge in [0.15, 0.2) is 5.82 Å². The summed E-state index contributed by atoms with van der Waals surface area (Å²) in [5.74, 6) is -3.13. The molecule has 66 valence electrons. The average molecular weight is 177 g/mol. The van der Waals surface area contributed by atoms with Gasteiger partial charge in [0.1, 0.15) is 0 Å². The van der Waals surface area contributed by atoms with Crippen LogP contribution in [0.15, 0.2) is 0 Å². The summed E-state index contributed by atoms with van der Waals surface area (Å²) in [6.07, 6.45) is -1.28. The van der Waals surface area contributed by atoms with E-state index < -0.39 is 23.7 Å². The summed E-state index contributed by atoms with van der Waals surface area (Å²) >= 11 is 0. The molecule has 1 aromatic rings. The van der Waals surface area contributed by atoms with Crippen LogP contribution in [-0.4, -0.2) is 24.1 Å². The average Bonchev–Trinajstić information content (AvgIpc) is 1.96. The number of anilines is 1. The molecule has 0 saturated carbocycles. The van der Waals surface area contributed by atoms with E-state index >= 15 is 0 Å². The zero-order chi connectivity index (χ0) is 9.30. The second kappa shape index (κ2) is 2.96. The van der Waals surface area contributed by atoms with E-state index in [2.05, 4.69) is 9.97 Å². The van der Waals surface area contributed by atoms with E-state index in [-0.39, 0.29) is 0 Å². The highest BCUT2D eigenvalue weighted by Crippen LogP contribution is 2.14. The van der Waals surface area contributed by atoms with Crippen LogP contribution in [0.1, 0.15) is 0 Å². The van der Waals surface area contributed by atoms with Gasteiger partial charge in [-0.3, -0.25) is 0 Å². The molecule has 12 heavy (non-hydrogen) atoms. The third kappa shape index (κ3) is 1.46. The van der Waals surface area contributed by atoms with E-state index in [1.165, 1.54) is 14.1 Å². The molecule has 0 N–H and O–H groups in total. The molecule has 1 rings (SSSR count). The van der Waals surface area contributed by atoms with Gasteiger partial charge < -0.3 is 4.90 Å². The lowest BCUT2D eigenvalue weighted by atomic mass is 10.5. The predicted molar refractivity (Wildman–Crippen MR) is 36.2 cm³/mol. The van der Waals surface area contributed by atoms with Crippen LogP contribution in [0, 0.1) is 17.8 Å². The largest absolute Gasteiger partial charge is 0.360 e. The van der Waals surface area contributed by atoms with E-state index in [1.807, 2.05) is 0 Å². The fraction of sp³-hybridized carbons (Fsp3) is 0.333. The topological polar surface area (TPSA) is 29.0 Å². The Morgan fingerprint density at radius 2 is 1.67 bits per heavy atom. The van der Waals surface area contributed by atoms with E-state index in [1.54, 1.807) is 0 Å². The maximum atomic E-state index is 12.7. The number of halogens is 3. The van der Waals surface area contributed by atoms with E-state index in [9.17, 15) is 13.2 Å². The van der Waals surface area contributed by atoms with Gasteiger partial charge >= 0.3 is 6.08 Å². The quantitative estimate of drug-likeness (QED) is 0.472. The minimum atomic E-state index is -1.48. The first kappa shape index (κ1) is 8.76. The summed E-state index contributed by atoms with van der Waals surface area (Å²) in [5.41, 5.74) is 0. The first-order valence-electron chi connectivity index (χ1n) is 3.08. The van der Waals surface area contributed by atoms with Gasteiger partial charge in [0.25, 0.3) is 5.95 Å². The van der Waals surface area contributed by atoms with Gasteiger partial charge in [-0.1, -0.05) is 0 Å². The molecule has 0 saturated heterocycles. The van der Waals surface area contributed by atoms with Gasteiger partial charge in [-0.15, -0.1) is 0 Å². The minimum absolute atomic E-state index is 0.403. The zero-order valence-electron chi connectivity index (χ0n) is 6.48. The molecular weight excluding hydrogens is 171 g/mol. The lowest BCUT2D eigenvalue weighted by Gasteiger charge is -2.10. The molecule has 6 heteroatoms. The maximum absolute atomic E-state index is 12.7. The third-order valence-corrected chi connectivity index (χ3v) is 1.19. The molecule has 0 bridgehead atoms. The van der Waals surface area contributed by atoms with Crippen molar-refractivity contribution < 1.29 is 13.2 Å². The van der Waals surface area contributed by atoms with Crippen LogP contribution in [0.3, 0.4) is 0 Å².